The van der Waals surface area contributed by atoms with Crippen LogP contribution in [0.15, 0.2) is 37.1 Å². The molecule has 0 unspecified atom stereocenters. The maximum Gasteiger partial charge on any atom is 0.0519 e. The van der Waals surface area contributed by atoms with Crippen LogP contribution in [0.3, 0.4) is 0 Å². The lowest BCUT2D eigenvalue weighted by atomic mass is 9.98. The number of hydrogen-bond donors (Lipinski definition) is 0. The molecule has 0 fully saturated rings. The fraction of sp³-hybridized carbons (Fsp3) is 0.100. The minimum absolute atomic E-state index is 0.940. The highest BCUT2D eigenvalue weighted by molar-refractivity contribution is 5.75. The normalized spacial score (nSPS) is 14.7. The van der Waals surface area contributed by atoms with Crippen molar-refractivity contribution in [2.75, 3.05) is 0 Å². The molecule has 11 heavy (non-hydrogen) atoms. The van der Waals surface area contributed by atoms with Gasteiger partial charge in [-0.1, -0.05) is 24.8 Å². The number of pyridine rings is 1. The maximum absolute atomic E-state index is 4.26. The molecule has 1 nitrogen and oxygen atoms in total. The number of rotatable bonds is 0. The molecule has 1 aliphatic carbocycles. The van der Waals surface area contributed by atoms with Gasteiger partial charge < -0.3 is 0 Å². The molecule has 1 aromatic rings. The van der Waals surface area contributed by atoms with Gasteiger partial charge in [-0.3, -0.25) is 4.98 Å². The Kier molecular flexibility index (Phi) is 1.35. The first kappa shape index (κ1) is 6.35. The van der Waals surface area contributed by atoms with E-state index in [0.29, 0.717) is 0 Å². The average Bonchev–Trinajstić information content (AvgIpc) is 2.06. The first-order valence-electron chi connectivity index (χ1n) is 3.67. The van der Waals surface area contributed by atoms with Gasteiger partial charge >= 0.3 is 0 Å². The van der Waals surface area contributed by atoms with Crippen LogP contribution < -0.4 is 0 Å². The Labute approximate surface area is 66.1 Å². The Morgan fingerprint density at radius 2 is 2.36 bits per heavy atom. The van der Waals surface area contributed by atoms with Crippen LogP contribution in [-0.2, 0) is 6.42 Å². The Morgan fingerprint density at radius 3 is 3.18 bits per heavy atom. The van der Waals surface area contributed by atoms with Crippen molar-refractivity contribution >= 4 is 5.57 Å². The predicted molar refractivity (Wildman–Crippen MR) is 46.1 cm³/mol. The van der Waals surface area contributed by atoms with E-state index in [9.17, 15) is 0 Å². The van der Waals surface area contributed by atoms with Crippen LogP contribution in [0.4, 0.5) is 0 Å². The Bertz CT molecular complexity index is 323. The summed E-state index contributed by atoms with van der Waals surface area (Å²) in [5, 5.41) is 0. The van der Waals surface area contributed by atoms with Gasteiger partial charge in [0.15, 0.2) is 0 Å². The van der Waals surface area contributed by atoms with E-state index in [2.05, 4.69) is 23.7 Å². The predicted octanol–water partition coefficient (Wildman–Crippen LogP) is 2.21. The van der Waals surface area contributed by atoms with Crippen molar-refractivity contribution in [3.63, 3.8) is 0 Å². The Morgan fingerprint density at radius 1 is 1.45 bits per heavy atom. The first-order chi connectivity index (χ1) is 5.38. The van der Waals surface area contributed by atoms with Gasteiger partial charge in [-0.2, -0.15) is 0 Å². The highest BCUT2D eigenvalue weighted by Gasteiger charge is 2.06. The van der Waals surface area contributed by atoms with Crippen LogP contribution >= 0.6 is 0 Å². The molecule has 54 valence electrons. The zero-order chi connectivity index (χ0) is 7.68. The lowest BCUT2D eigenvalue weighted by Gasteiger charge is -2.10. The van der Waals surface area contributed by atoms with E-state index in [1.54, 1.807) is 0 Å². The molecule has 0 atom stereocenters. The quantitative estimate of drug-likeness (QED) is 0.542. The lowest BCUT2D eigenvalue weighted by molar-refractivity contribution is 1.08. The summed E-state index contributed by atoms with van der Waals surface area (Å²) in [7, 11) is 0. The lowest BCUT2D eigenvalue weighted by Crippen LogP contribution is -1.97. The molecule has 0 N–H and O–H groups in total. The largest absolute Gasteiger partial charge is 0.260 e. The third kappa shape index (κ3) is 0.984. The van der Waals surface area contributed by atoms with Crippen LogP contribution in [0.2, 0.25) is 0 Å². The number of allylic oxidation sites excluding steroid dienone is 3. The van der Waals surface area contributed by atoms with Crippen molar-refractivity contribution < 1.29 is 0 Å². The molecule has 1 heteroatoms. The molecular formula is C10H9N. The van der Waals surface area contributed by atoms with E-state index in [1.807, 2.05) is 18.3 Å². The minimum Gasteiger partial charge on any atom is -0.260 e. The molecule has 0 saturated carbocycles. The second-order valence-electron chi connectivity index (χ2n) is 2.63. The average molecular weight is 143 g/mol. The smallest absolute Gasteiger partial charge is 0.0519 e. The summed E-state index contributed by atoms with van der Waals surface area (Å²) in [6.45, 7) is 3.93. The summed E-state index contributed by atoms with van der Waals surface area (Å²) in [5.74, 6) is 0. The van der Waals surface area contributed by atoms with Crippen LogP contribution in [0.5, 0.6) is 0 Å². The van der Waals surface area contributed by atoms with E-state index in [-0.39, 0.29) is 0 Å². The number of hydrogen-bond acceptors (Lipinski definition) is 1. The van der Waals surface area contributed by atoms with E-state index in [4.69, 9.17) is 0 Å². The number of fused-ring (bicyclic) bond motifs is 1. The highest BCUT2D eigenvalue weighted by Crippen LogP contribution is 2.21. The molecule has 0 bridgehead atoms. The third-order valence-electron chi connectivity index (χ3n) is 1.87. The summed E-state index contributed by atoms with van der Waals surface area (Å²) in [4.78, 5) is 4.26. The fourth-order valence-corrected chi connectivity index (χ4v) is 1.30. The van der Waals surface area contributed by atoms with E-state index in [0.717, 1.165) is 17.7 Å². The van der Waals surface area contributed by atoms with E-state index < -0.39 is 0 Å². The summed E-state index contributed by atoms with van der Waals surface area (Å²) < 4.78 is 0. The molecule has 0 saturated heterocycles. The third-order valence-corrected chi connectivity index (χ3v) is 1.87. The molecule has 0 aromatic carbocycles. The highest BCUT2D eigenvalue weighted by atomic mass is 14.7. The number of nitrogens with zero attached hydrogens (tertiary/aromatic N) is 1. The van der Waals surface area contributed by atoms with E-state index in [1.165, 1.54) is 5.56 Å². The summed E-state index contributed by atoms with van der Waals surface area (Å²) in [5.41, 5.74) is 3.40. The van der Waals surface area contributed by atoms with Gasteiger partial charge in [0.1, 0.15) is 0 Å². The van der Waals surface area contributed by atoms with Crippen molar-refractivity contribution in [3.8, 4) is 0 Å². The zero-order valence-electron chi connectivity index (χ0n) is 6.25. The van der Waals surface area contributed by atoms with Gasteiger partial charge in [-0.15, -0.1) is 0 Å². The molecule has 1 aliphatic rings. The first-order valence-corrected chi connectivity index (χ1v) is 3.67. The molecule has 2 rings (SSSR count). The molecule has 0 amide bonds. The van der Waals surface area contributed by atoms with Crippen molar-refractivity contribution in [2.24, 2.45) is 0 Å². The topological polar surface area (TPSA) is 12.9 Å². The van der Waals surface area contributed by atoms with Crippen LogP contribution in [0.1, 0.15) is 11.3 Å². The maximum atomic E-state index is 4.26. The number of aromatic nitrogens is 1. The van der Waals surface area contributed by atoms with Crippen LogP contribution in [0.25, 0.3) is 5.57 Å². The van der Waals surface area contributed by atoms with Crippen LogP contribution in [-0.4, -0.2) is 4.98 Å². The van der Waals surface area contributed by atoms with Gasteiger partial charge in [0.25, 0.3) is 0 Å². The van der Waals surface area contributed by atoms with Crippen molar-refractivity contribution in [3.05, 3.63) is 48.3 Å². The monoisotopic (exact) mass is 143 g/mol. The van der Waals surface area contributed by atoms with Gasteiger partial charge in [0.05, 0.1) is 5.69 Å². The van der Waals surface area contributed by atoms with Gasteiger partial charge in [0, 0.05) is 18.2 Å². The second-order valence-corrected chi connectivity index (χ2v) is 2.63. The SMILES string of the molecule is C=C1C=CCc2ncccc21. The van der Waals surface area contributed by atoms with E-state index >= 15 is 0 Å². The summed E-state index contributed by atoms with van der Waals surface area (Å²) in [6, 6.07) is 4.01. The molecular weight excluding hydrogens is 134 g/mol. The second kappa shape index (κ2) is 2.35. The standard InChI is InChI=1S/C10H9N/c1-8-4-2-6-10-9(8)5-3-7-11-10/h2-5,7H,1,6H2. The molecule has 1 heterocycles. The molecule has 0 aliphatic heterocycles. The molecule has 0 spiro atoms. The van der Waals surface area contributed by atoms with Gasteiger partial charge in [0.2, 0.25) is 0 Å². The van der Waals surface area contributed by atoms with Crippen molar-refractivity contribution in [1.29, 1.82) is 0 Å². The fourth-order valence-electron chi connectivity index (χ4n) is 1.30. The molecule has 0 radical (unpaired) electrons. The molecule has 1 aromatic heterocycles. The Hall–Kier alpha value is -1.37. The van der Waals surface area contributed by atoms with Crippen LogP contribution in [0, 0.1) is 0 Å². The van der Waals surface area contributed by atoms with Crippen molar-refractivity contribution in [2.45, 2.75) is 6.42 Å². The van der Waals surface area contributed by atoms with Gasteiger partial charge in [-0.25, -0.2) is 0 Å². The summed E-state index contributed by atoms with van der Waals surface area (Å²) >= 11 is 0. The zero-order valence-corrected chi connectivity index (χ0v) is 6.25. The summed E-state index contributed by atoms with van der Waals surface area (Å²) in [6.07, 6.45) is 6.90. The minimum atomic E-state index is 0.940. The van der Waals surface area contributed by atoms with Gasteiger partial charge in [-0.05, 0) is 11.6 Å². The Balaban J connectivity index is 2.59. The van der Waals surface area contributed by atoms with Crippen molar-refractivity contribution in [1.82, 2.24) is 4.98 Å².